The minimum absolute atomic E-state index is 0.213. The maximum atomic E-state index is 13.1. The molecular formula is C10H15FN2O. The van der Waals surface area contributed by atoms with E-state index in [0.717, 1.165) is 0 Å². The number of aliphatic hydroxyl groups is 1. The van der Waals surface area contributed by atoms with Crippen molar-refractivity contribution in [1.82, 2.24) is 5.32 Å². The molecule has 0 radical (unpaired) electrons. The highest BCUT2D eigenvalue weighted by Gasteiger charge is 2.02. The second-order valence-electron chi connectivity index (χ2n) is 3.11. The van der Waals surface area contributed by atoms with Crippen LogP contribution in [0.3, 0.4) is 0 Å². The van der Waals surface area contributed by atoms with Crippen LogP contribution in [0, 0.1) is 5.82 Å². The highest BCUT2D eigenvalue weighted by molar-refractivity contribution is 5.16. The van der Waals surface area contributed by atoms with Crippen molar-refractivity contribution in [3.05, 3.63) is 35.6 Å². The Labute approximate surface area is 82.7 Å². The van der Waals surface area contributed by atoms with E-state index in [2.05, 4.69) is 5.32 Å². The summed E-state index contributed by atoms with van der Waals surface area (Å²) in [6, 6.07) is 6.54. The van der Waals surface area contributed by atoms with Gasteiger partial charge in [0.1, 0.15) is 5.82 Å². The van der Waals surface area contributed by atoms with Crippen molar-refractivity contribution in [2.24, 2.45) is 5.73 Å². The van der Waals surface area contributed by atoms with Gasteiger partial charge in [-0.05, 0) is 6.07 Å². The van der Waals surface area contributed by atoms with E-state index in [0.29, 0.717) is 18.7 Å². The van der Waals surface area contributed by atoms with Gasteiger partial charge in [-0.25, -0.2) is 4.39 Å². The Bertz CT molecular complexity index is 281. The first-order valence-electron chi connectivity index (χ1n) is 4.56. The first-order valence-corrected chi connectivity index (χ1v) is 4.56. The van der Waals surface area contributed by atoms with Crippen LogP contribution < -0.4 is 11.1 Å². The average Bonchev–Trinajstić information content (AvgIpc) is 2.20. The molecule has 0 aliphatic carbocycles. The average molecular weight is 198 g/mol. The summed E-state index contributed by atoms with van der Waals surface area (Å²) in [5.41, 5.74) is 5.81. The van der Waals surface area contributed by atoms with Gasteiger partial charge in [0.05, 0.1) is 6.10 Å². The predicted molar refractivity (Wildman–Crippen MR) is 53.2 cm³/mol. The van der Waals surface area contributed by atoms with Gasteiger partial charge in [0.15, 0.2) is 0 Å². The summed E-state index contributed by atoms with van der Waals surface area (Å²) in [4.78, 5) is 0. The van der Waals surface area contributed by atoms with Crippen molar-refractivity contribution < 1.29 is 9.50 Å². The Morgan fingerprint density at radius 2 is 2.14 bits per heavy atom. The summed E-state index contributed by atoms with van der Waals surface area (Å²) >= 11 is 0. The monoisotopic (exact) mass is 198 g/mol. The van der Waals surface area contributed by atoms with E-state index in [1.807, 2.05) is 0 Å². The number of hydrogen-bond acceptors (Lipinski definition) is 3. The molecular weight excluding hydrogens is 183 g/mol. The fraction of sp³-hybridized carbons (Fsp3) is 0.400. The number of benzene rings is 1. The van der Waals surface area contributed by atoms with Crippen LogP contribution in [0.1, 0.15) is 5.56 Å². The lowest BCUT2D eigenvalue weighted by molar-refractivity contribution is 0.179. The number of hydrogen-bond donors (Lipinski definition) is 3. The summed E-state index contributed by atoms with van der Waals surface area (Å²) in [5.74, 6) is -0.234. The molecule has 4 N–H and O–H groups in total. The molecule has 0 aliphatic rings. The first-order chi connectivity index (χ1) is 6.74. The molecule has 14 heavy (non-hydrogen) atoms. The van der Waals surface area contributed by atoms with Gasteiger partial charge in [0.2, 0.25) is 0 Å². The Kier molecular flexibility index (Phi) is 4.52. The number of halogens is 1. The third-order valence-corrected chi connectivity index (χ3v) is 1.93. The molecule has 4 heteroatoms. The van der Waals surface area contributed by atoms with Crippen LogP contribution in [0.5, 0.6) is 0 Å². The van der Waals surface area contributed by atoms with E-state index in [4.69, 9.17) is 10.8 Å². The SMILES string of the molecule is NCC(O)CNCc1ccccc1F. The van der Waals surface area contributed by atoms with Crippen LogP contribution in [0.4, 0.5) is 4.39 Å². The van der Waals surface area contributed by atoms with Crippen LogP contribution in [0.25, 0.3) is 0 Å². The van der Waals surface area contributed by atoms with Crippen LogP contribution in [0.15, 0.2) is 24.3 Å². The fourth-order valence-electron chi connectivity index (χ4n) is 1.10. The van der Waals surface area contributed by atoms with E-state index >= 15 is 0 Å². The lowest BCUT2D eigenvalue weighted by Gasteiger charge is -2.09. The Morgan fingerprint density at radius 1 is 1.43 bits per heavy atom. The fourth-order valence-corrected chi connectivity index (χ4v) is 1.10. The zero-order chi connectivity index (χ0) is 10.4. The minimum atomic E-state index is -0.568. The molecule has 1 rings (SSSR count). The maximum Gasteiger partial charge on any atom is 0.127 e. The second kappa shape index (κ2) is 5.70. The Balaban J connectivity index is 2.35. The van der Waals surface area contributed by atoms with Crippen LogP contribution in [0.2, 0.25) is 0 Å². The van der Waals surface area contributed by atoms with Gasteiger partial charge in [-0.1, -0.05) is 18.2 Å². The van der Waals surface area contributed by atoms with Gasteiger partial charge < -0.3 is 16.2 Å². The van der Waals surface area contributed by atoms with Gasteiger partial charge in [0.25, 0.3) is 0 Å². The standard InChI is InChI=1S/C10H15FN2O/c11-10-4-2-1-3-8(10)6-13-7-9(14)5-12/h1-4,9,13-14H,5-7,12H2. The molecule has 78 valence electrons. The van der Waals surface area contributed by atoms with Crippen LogP contribution in [-0.4, -0.2) is 24.3 Å². The van der Waals surface area contributed by atoms with Gasteiger partial charge in [-0.3, -0.25) is 0 Å². The summed E-state index contributed by atoms with van der Waals surface area (Å²) < 4.78 is 13.1. The van der Waals surface area contributed by atoms with E-state index in [-0.39, 0.29) is 12.4 Å². The van der Waals surface area contributed by atoms with Crippen molar-refractivity contribution in [3.63, 3.8) is 0 Å². The summed E-state index contributed by atoms with van der Waals surface area (Å²) in [7, 11) is 0. The van der Waals surface area contributed by atoms with E-state index in [1.54, 1.807) is 18.2 Å². The van der Waals surface area contributed by atoms with E-state index in [1.165, 1.54) is 6.07 Å². The van der Waals surface area contributed by atoms with Crippen LogP contribution in [-0.2, 0) is 6.54 Å². The third-order valence-electron chi connectivity index (χ3n) is 1.93. The van der Waals surface area contributed by atoms with E-state index in [9.17, 15) is 4.39 Å². The minimum Gasteiger partial charge on any atom is -0.390 e. The van der Waals surface area contributed by atoms with Crippen molar-refractivity contribution in [3.8, 4) is 0 Å². The molecule has 1 atom stereocenters. The molecule has 1 aromatic rings. The van der Waals surface area contributed by atoms with Gasteiger partial charge in [-0.2, -0.15) is 0 Å². The van der Waals surface area contributed by atoms with E-state index < -0.39 is 6.10 Å². The summed E-state index contributed by atoms with van der Waals surface area (Å²) in [5, 5.41) is 12.0. The zero-order valence-electron chi connectivity index (χ0n) is 7.91. The van der Waals surface area contributed by atoms with Crippen molar-refractivity contribution in [2.75, 3.05) is 13.1 Å². The van der Waals surface area contributed by atoms with Gasteiger partial charge >= 0.3 is 0 Å². The molecule has 3 nitrogen and oxygen atoms in total. The third kappa shape index (κ3) is 3.41. The normalized spacial score (nSPS) is 12.8. The molecule has 1 aromatic carbocycles. The quantitative estimate of drug-likeness (QED) is 0.635. The number of nitrogens with two attached hydrogens (primary N) is 1. The lowest BCUT2D eigenvalue weighted by Crippen LogP contribution is -2.32. The Morgan fingerprint density at radius 3 is 2.79 bits per heavy atom. The molecule has 1 unspecified atom stereocenters. The first kappa shape index (κ1) is 11.1. The van der Waals surface area contributed by atoms with Crippen LogP contribution >= 0.6 is 0 Å². The number of nitrogens with one attached hydrogen (secondary N) is 1. The molecule has 0 amide bonds. The predicted octanol–water partition coefficient (Wildman–Crippen LogP) is 0.235. The van der Waals surface area contributed by atoms with Crippen molar-refractivity contribution >= 4 is 0 Å². The Hall–Kier alpha value is -0.970. The molecule has 0 aliphatic heterocycles. The second-order valence-corrected chi connectivity index (χ2v) is 3.11. The molecule has 0 spiro atoms. The summed E-state index contributed by atoms with van der Waals surface area (Å²) in [6.07, 6.45) is -0.568. The number of rotatable bonds is 5. The zero-order valence-corrected chi connectivity index (χ0v) is 7.91. The highest BCUT2D eigenvalue weighted by Crippen LogP contribution is 2.05. The summed E-state index contributed by atoms with van der Waals surface area (Å²) in [6.45, 7) is 0.999. The molecule has 0 bridgehead atoms. The molecule has 0 saturated carbocycles. The molecule has 0 fully saturated rings. The lowest BCUT2D eigenvalue weighted by atomic mass is 10.2. The highest BCUT2D eigenvalue weighted by atomic mass is 19.1. The van der Waals surface area contributed by atoms with Gasteiger partial charge in [-0.15, -0.1) is 0 Å². The number of aliphatic hydroxyl groups excluding tert-OH is 1. The molecule has 0 aromatic heterocycles. The van der Waals surface area contributed by atoms with Crippen molar-refractivity contribution in [2.45, 2.75) is 12.6 Å². The van der Waals surface area contributed by atoms with Gasteiger partial charge in [0, 0.05) is 25.2 Å². The largest absolute Gasteiger partial charge is 0.390 e. The molecule has 0 saturated heterocycles. The maximum absolute atomic E-state index is 13.1. The topological polar surface area (TPSA) is 58.3 Å². The van der Waals surface area contributed by atoms with Crippen molar-refractivity contribution in [1.29, 1.82) is 0 Å². The molecule has 0 heterocycles. The smallest absolute Gasteiger partial charge is 0.127 e.